The number of fused-ring (bicyclic) bond motifs is 4. The molecule has 1 N–H and O–H groups in total. The standard InChI is InChI=1S/C28H28GeNS.C15H28O2.Ir/c1-28(2,3)23-17-19(16-18-10-7-8-11-20(18)23)25-27-22(14-15-30-25)21-12-9-13-24(26(21)31-27)29(4,5)6;1-7-14(5,8-2)12(16)11-13(17)15(6,9-3)10-4;/h7-15,17H,1-6H3;11,16H,7-10H2,1-6H3;/q-1;;/b;12-11-;. The Hall–Kier alpha value is -2.31. The number of ketones is 1. The van der Waals surface area contributed by atoms with Crippen LogP contribution < -0.4 is 4.40 Å². The summed E-state index contributed by atoms with van der Waals surface area (Å²) < 4.78 is 4.32. The third-order valence-electron chi connectivity index (χ3n) is 10.7. The van der Waals surface area contributed by atoms with Crippen LogP contribution in [0.4, 0.5) is 0 Å². The first-order valence-electron chi connectivity index (χ1n) is 17.7. The van der Waals surface area contributed by atoms with Crippen LogP contribution in [0.2, 0.25) is 17.3 Å². The maximum atomic E-state index is 12.2. The maximum Gasteiger partial charge on any atom is 0.164 e. The minimum Gasteiger partial charge on any atom is -0.512 e. The van der Waals surface area contributed by atoms with Crippen molar-refractivity contribution < 1.29 is 30.0 Å². The summed E-state index contributed by atoms with van der Waals surface area (Å²) in [4.78, 5) is 17.1. The van der Waals surface area contributed by atoms with Crippen molar-refractivity contribution >= 4 is 65.7 Å². The van der Waals surface area contributed by atoms with Gasteiger partial charge in [0.2, 0.25) is 0 Å². The molecule has 0 bridgehead atoms. The van der Waals surface area contributed by atoms with Gasteiger partial charge in [-0.2, -0.15) is 0 Å². The van der Waals surface area contributed by atoms with Gasteiger partial charge in [0.15, 0.2) is 5.78 Å². The Bertz CT molecular complexity index is 1950. The molecule has 2 aromatic heterocycles. The van der Waals surface area contributed by atoms with Gasteiger partial charge in [0.25, 0.3) is 0 Å². The Morgan fingerprint density at radius 2 is 1.39 bits per heavy atom. The molecule has 2 heterocycles. The van der Waals surface area contributed by atoms with Gasteiger partial charge in [-0.15, -0.1) is 0 Å². The van der Waals surface area contributed by atoms with E-state index in [0.717, 1.165) is 42.3 Å². The monoisotopic (exact) mass is 917 g/mol. The summed E-state index contributed by atoms with van der Waals surface area (Å²) in [5, 5.41) is 15.3. The third kappa shape index (κ3) is 8.60. The first kappa shape index (κ1) is 41.1. The van der Waals surface area contributed by atoms with Crippen LogP contribution in [-0.2, 0) is 30.3 Å². The smallest absolute Gasteiger partial charge is 0.164 e. The molecular formula is C43H56GeIrNO2S-. The van der Waals surface area contributed by atoms with E-state index in [1.807, 2.05) is 59.1 Å². The van der Waals surface area contributed by atoms with Crippen molar-refractivity contribution in [1.29, 1.82) is 0 Å². The predicted molar refractivity (Wildman–Crippen MR) is 214 cm³/mol. The Morgan fingerprint density at radius 3 is 1.96 bits per heavy atom. The summed E-state index contributed by atoms with van der Waals surface area (Å²) in [5.41, 5.74) is 2.95. The number of thiophene rings is 1. The Kier molecular flexibility index (Phi) is 13.4. The van der Waals surface area contributed by atoms with Gasteiger partial charge in [0.05, 0.1) is 0 Å². The van der Waals surface area contributed by atoms with Crippen molar-refractivity contribution in [2.45, 2.75) is 111 Å². The van der Waals surface area contributed by atoms with Gasteiger partial charge in [-0.05, 0) is 25.7 Å². The normalized spacial score (nSPS) is 12.9. The van der Waals surface area contributed by atoms with E-state index in [1.54, 1.807) is 4.40 Å². The van der Waals surface area contributed by atoms with Crippen molar-refractivity contribution in [1.82, 2.24) is 4.98 Å². The van der Waals surface area contributed by atoms with E-state index in [-0.39, 0.29) is 47.9 Å². The van der Waals surface area contributed by atoms with Crippen LogP contribution in [0, 0.1) is 16.9 Å². The van der Waals surface area contributed by atoms with Crippen molar-refractivity contribution in [3.63, 3.8) is 0 Å². The van der Waals surface area contributed by atoms with Crippen LogP contribution in [0.15, 0.2) is 72.6 Å². The van der Waals surface area contributed by atoms with Crippen LogP contribution in [0.1, 0.15) is 93.6 Å². The fourth-order valence-electron chi connectivity index (χ4n) is 6.17. The molecule has 0 spiro atoms. The second kappa shape index (κ2) is 15.9. The van der Waals surface area contributed by atoms with Gasteiger partial charge in [-0.3, -0.25) is 4.79 Å². The number of aliphatic hydroxyl groups excluding tert-OH is 1. The zero-order valence-corrected chi connectivity index (χ0v) is 37.0. The fraction of sp³-hybridized carbons (Fsp3) is 0.442. The van der Waals surface area contributed by atoms with Crippen molar-refractivity contribution in [3.8, 4) is 11.3 Å². The fourth-order valence-corrected chi connectivity index (χ4v) is 12.3. The van der Waals surface area contributed by atoms with E-state index >= 15 is 0 Å². The minimum atomic E-state index is -1.99. The second-order valence-electron chi connectivity index (χ2n) is 15.9. The topological polar surface area (TPSA) is 50.2 Å². The summed E-state index contributed by atoms with van der Waals surface area (Å²) in [7, 11) is 0. The molecule has 0 unspecified atom stereocenters. The molecule has 265 valence electrons. The minimum absolute atomic E-state index is 0. The molecule has 49 heavy (non-hydrogen) atoms. The van der Waals surface area contributed by atoms with Gasteiger partial charge in [0.1, 0.15) is 5.76 Å². The molecule has 0 amide bonds. The van der Waals surface area contributed by atoms with E-state index < -0.39 is 13.3 Å². The number of hydrogen-bond acceptors (Lipinski definition) is 4. The summed E-state index contributed by atoms with van der Waals surface area (Å²) in [5.74, 6) is 7.72. The molecule has 6 heteroatoms. The second-order valence-corrected chi connectivity index (χ2v) is 27.5. The molecule has 0 fully saturated rings. The van der Waals surface area contributed by atoms with Crippen LogP contribution in [0.5, 0.6) is 0 Å². The quantitative estimate of drug-likeness (QED) is 0.0694. The summed E-state index contributed by atoms with van der Waals surface area (Å²) >= 11 is -0.0661. The molecule has 0 saturated carbocycles. The molecule has 0 atom stereocenters. The molecule has 1 radical (unpaired) electrons. The number of allylic oxidation sites excluding steroid dienone is 2. The van der Waals surface area contributed by atoms with Crippen LogP contribution in [0.25, 0.3) is 42.2 Å². The number of pyridine rings is 1. The van der Waals surface area contributed by atoms with Crippen molar-refractivity contribution in [3.05, 3.63) is 84.3 Å². The van der Waals surface area contributed by atoms with Crippen molar-refractivity contribution in [2.75, 3.05) is 0 Å². The largest absolute Gasteiger partial charge is 0.512 e. The van der Waals surface area contributed by atoms with Gasteiger partial charge in [-0.1, -0.05) is 41.5 Å². The van der Waals surface area contributed by atoms with Gasteiger partial charge < -0.3 is 5.11 Å². The van der Waals surface area contributed by atoms with Gasteiger partial charge in [0, 0.05) is 37.0 Å². The number of nitrogens with zero attached hydrogens (tertiary/aromatic N) is 1. The summed E-state index contributed by atoms with van der Waals surface area (Å²) in [6, 6.07) is 23.7. The average Bonchev–Trinajstić information content (AvgIpc) is 3.45. The van der Waals surface area contributed by atoms with Crippen molar-refractivity contribution in [2.24, 2.45) is 10.8 Å². The van der Waals surface area contributed by atoms with E-state index in [1.165, 1.54) is 37.2 Å². The molecule has 3 aromatic carbocycles. The molecule has 0 aliphatic rings. The number of hydrogen-bond donors (Lipinski definition) is 1. The Labute approximate surface area is 315 Å². The number of aliphatic hydroxyl groups is 1. The SMILES string of the molecule is CC(C)(C)c1cc(-c2nccc3c2sc2[c]([Ge]([CH3])([CH3])[CH3])cccc23)[c-]c2ccccc12.CCC(C)(CC)C(=O)/C=C(\O)C(C)(CC)CC.[Ir]. The number of benzene rings is 3. The molecule has 5 rings (SSSR count). The van der Waals surface area contributed by atoms with E-state index in [9.17, 15) is 9.90 Å². The molecule has 0 aliphatic carbocycles. The Morgan fingerprint density at radius 1 is 0.816 bits per heavy atom. The van der Waals surface area contributed by atoms with Gasteiger partial charge >= 0.3 is 192 Å². The molecule has 5 aromatic rings. The van der Waals surface area contributed by atoms with E-state index in [4.69, 9.17) is 4.98 Å². The first-order chi connectivity index (χ1) is 22.4. The van der Waals surface area contributed by atoms with E-state index in [0.29, 0.717) is 0 Å². The molecule has 0 aliphatic heterocycles. The third-order valence-corrected chi connectivity index (χ3v) is 16.6. The van der Waals surface area contributed by atoms with E-state index in [2.05, 4.69) is 98.7 Å². The number of carbonyl (C=O) groups is 1. The summed E-state index contributed by atoms with van der Waals surface area (Å²) in [6.45, 7) is 18.9. The first-order valence-corrected chi connectivity index (χ1v) is 25.8. The zero-order valence-electron chi connectivity index (χ0n) is 31.7. The molecule has 0 saturated heterocycles. The number of aromatic nitrogens is 1. The average molecular weight is 916 g/mol. The molecule has 3 nitrogen and oxygen atoms in total. The van der Waals surface area contributed by atoms with Crippen LogP contribution >= 0.6 is 11.3 Å². The number of carbonyl (C=O) groups excluding carboxylic acids is 1. The maximum absolute atomic E-state index is 12.2. The van der Waals surface area contributed by atoms with Crippen LogP contribution in [-0.4, -0.2) is 29.1 Å². The molecular weight excluding hydrogens is 859 g/mol. The van der Waals surface area contributed by atoms with Crippen LogP contribution in [0.3, 0.4) is 0 Å². The predicted octanol–water partition coefficient (Wildman–Crippen LogP) is 12.6. The number of rotatable bonds is 9. The zero-order chi connectivity index (χ0) is 35.7. The summed E-state index contributed by atoms with van der Waals surface area (Å²) in [6.07, 6.45) is 6.72. The van der Waals surface area contributed by atoms with Gasteiger partial charge in [-0.25, -0.2) is 0 Å². The Balaban J connectivity index is 0.000000312.